The maximum atomic E-state index is 12.9. The van der Waals surface area contributed by atoms with Gasteiger partial charge in [-0.15, -0.1) is 11.3 Å². The molecule has 0 saturated carbocycles. The molecular weight excluding hydrogens is 526 g/mol. The molecule has 0 fully saturated rings. The number of fused-ring (bicyclic) bond motifs is 1. The number of aromatic nitrogens is 1. The van der Waals surface area contributed by atoms with E-state index in [1.165, 1.54) is 28.7 Å². The van der Waals surface area contributed by atoms with Crippen molar-refractivity contribution in [2.24, 2.45) is 0 Å². The summed E-state index contributed by atoms with van der Waals surface area (Å²) >= 11 is 2.69. The maximum Gasteiger partial charge on any atom is 0.235 e. The van der Waals surface area contributed by atoms with Crippen molar-refractivity contribution in [1.29, 1.82) is 10.5 Å². The van der Waals surface area contributed by atoms with Crippen LogP contribution in [0.25, 0.3) is 11.3 Å². The highest BCUT2D eigenvalue weighted by molar-refractivity contribution is 8.00. The van der Waals surface area contributed by atoms with Gasteiger partial charge < -0.3 is 10.1 Å². The van der Waals surface area contributed by atoms with Crippen molar-refractivity contribution in [3.63, 3.8) is 0 Å². The third kappa shape index (κ3) is 6.13. The number of amides is 1. The number of hydrogen-bond acceptors (Lipinski definition) is 8. The van der Waals surface area contributed by atoms with Crippen LogP contribution in [0.2, 0.25) is 0 Å². The van der Waals surface area contributed by atoms with Crippen LogP contribution in [0.3, 0.4) is 0 Å². The van der Waals surface area contributed by atoms with E-state index >= 15 is 0 Å². The quantitative estimate of drug-likeness (QED) is 0.274. The Morgan fingerprint density at radius 1 is 1.10 bits per heavy atom. The van der Waals surface area contributed by atoms with Crippen LogP contribution >= 0.6 is 23.1 Å². The van der Waals surface area contributed by atoms with Crippen LogP contribution in [0.15, 0.2) is 71.8 Å². The number of carbonyl (C=O) groups excluding carboxylic acids is 1. The summed E-state index contributed by atoms with van der Waals surface area (Å²) in [7, 11) is 1.61. The molecule has 39 heavy (non-hydrogen) atoms. The van der Waals surface area contributed by atoms with Gasteiger partial charge in [-0.1, -0.05) is 42.1 Å². The first-order chi connectivity index (χ1) is 19.1. The normalized spacial score (nSPS) is 12.7. The molecule has 4 aromatic rings. The first kappa shape index (κ1) is 26.5. The van der Waals surface area contributed by atoms with Gasteiger partial charge in [-0.05, 0) is 53.9 Å². The van der Waals surface area contributed by atoms with Crippen LogP contribution in [-0.2, 0) is 24.3 Å². The molecule has 0 bridgehead atoms. The molecule has 0 radical (unpaired) electrons. The predicted molar refractivity (Wildman–Crippen MR) is 154 cm³/mol. The summed E-state index contributed by atoms with van der Waals surface area (Å²) in [5.41, 5.74) is 4.85. The standard InChI is InChI=1S/C30H25N5O2S2/c1-37-23-10-7-21(8-11-23)26-12-9-22(15-31)29(33-26)38-19-28(36)34-30-25(16-32)24-13-14-35(18-27(24)39-30)17-20-5-3-2-4-6-20/h2-12H,13-14,17-19H2,1H3,(H,34,36). The molecule has 2 aromatic heterocycles. The van der Waals surface area contributed by atoms with Gasteiger partial charge in [-0.25, -0.2) is 4.98 Å². The summed E-state index contributed by atoms with van der Waals surface area (Å²) in [4.78, 5) is 21.1. The van der Waals surface area contributed by atoms with Crippen molar-refractivity contribution >= 4 is 34.0 Å². The Bertz CT molecular complexity index is 1570. The molecule has 9 heteroatoms. The molecule has 1 amide bonds. The maximum absolute atomic E-state index is 12.9. The largest absolute Gasteiger partial charge is 0.497 e. The lowest BCUT2D eigenvalue weighted by Crippen LogP contribution is -2.29. The van der Waals surface area contributed by atoms with Crippen molar-refractivity contribution in [1.82, 2.24) is 9.88 Å². The number of ether oxygens (including phenoxy) is 1. The van der Waals surface area contributed by atoms with Gasteiger partial charge >= 0.3 is 0 Å². The second-order valence-electron chi connectivity index (χ2n) is 8.99. The number of rotatable bonds is 8. The average molecular weight is 552 g/mol. The molecule has 2 aromatic carbocycles. The van der Waals surface area contributed by atoms with Gasteiger partial charge in [0, 0.05) is 30.1 Å². The van der Waals surface area contributed by atoms with Gasteiger partial charge in [-0.2, -0.15) is 10.5 Å². The van der Waals surface area contributed by atoms with Gasteiger partial charge in [0.25, 0.3) is 0 Å². The molecular formula is C30H25N5O2S2. The number of nitrogens with zero attached hydrogens (tertiary/aromatic N) is 4. The third-order valence-corrected chi connectivity index (χ3v) is 8.58. The lowest BCUT2D eigenvalue weighted by atomic mass is 10.0. The van der Waals surface area contributed by atoms with Crippen LogP contribution in [0, 0.1) is 22.7 Å². The summed E-state index contributed by atoms with van der Waals surface area (Å²) in [6.07, 6.45) is 0.778. The Labute approximate surface area is 235 Å². The lowest BCUT2D eigenvalue weighted by molar-refractivity contribution is -0.113. The van der Waals surface area contributed by atoms with Gasteiger partial charge in [0.1, 0.15) is 27.9 Å². The number of thiophene rings is 1. The number of methoxy groups -OCH3 is 1. The first-order valence-electron chi connectivity index (χ1n) is 12.4. The lowest BCUT2D eigenvalue weighted by Gasteiger charge is -2.26. The number of carbonyl (C=O) groups is 1. The number of hydrogen-bond donors (Lipinski definition) is 1. The van der Waals surface area contributed by atoms with E-state index < -0.39 is 0 Å². The number of anilines is 1. The van der Waals surface area contributed by atoms with Gasteiger partial charge in [0.2, 0.25) is 5.91 Å². The molecule has 1 aliphatic rings. The smallest absolute Gasteiger partial charge is 0.235 e. The number of nitriles is 2. The molecule has 5 rings (SSSR count). The second-order valence-corrected chi connectivity index (χ2v) is 11.1. The van der Waals surface area contributed by atoms with Crippen molar-refractivity contribution in [2.75, 3.05) is 24.7 Å². The van der Waals surface area contributed by atoms with E-state index in [2.05, 4.69) is 39.5 Å². The van der Waals surface area contributed by atoms with E-state index in [0.29, 0.717) is 26.8 Å². The zero-order valence-corrected chi connectivity index (χ0v) is 22.9. The Hall–Kier alpha value is -4.15. The fourth-order valence-corrected chi connectivity index (χ4v) is 6.52. The summed E-state index contributed by atoms with van der Waals surface area (Å²) in [5.74, 6) is 0.577. The minimum absolute atomic E-state index is 0.0707. The number of thioether (sulfide) groups is 1. The monoisotopic (exact) mass is 551 g/mol. The predicted octanol–water partition coefficient (Wildman–Crippen LogP) is 5.85. The van der Waals surface area contributed by atoms with E-state index in [0.717, 1.165) is 47.8 Å². The zero-order valence-electron chi connectivity index (χ0n) is 21.3. The average Bonchev–Trinajstić information content (AvgIpc) is 3.32. The fraction of sp³-hybridized carbons (Fsp3) is 0.200. The van der Waals surface area contributed by atoms with E-state index in [-0.39, 0.29) is 11.7 Å². The van der Waals surface area contributed by atoms with E-state index in [4.69, 9.17) is 4.74 Å². The van der Waals surface area contributed by atoms with Gasteiger partial charge in [0.15, 0.2) is 0 Å². The Balaban J connectivity index is 1.26. The first-order valence-corrected chi connectivity index (χ1v) is 14.2. The van der Waals surface area contributed by atoms with E-state index in [1.54, 1.807) is 19.2 Å². The highest BCUT2D eigenvalue weighted by Gasteiger charge is 2.25. The summed E-state index contributed by atoms with van der Waals surface area (Å²) in [5, 5.41) is 23.4. The van der Waals surface area contributed by atoms with Crippen molar-refractivity contribution in [3.8, 4) is 29.1 Å². The Kier molecular flexibility index (Phi) is 8.24. The summed E-state index contributed by atoms with van der Waals surface area (Å²) in [6.45, 7) is 2.47. The van der Waals surface area contributed by atoms with E-state index in [9.17, 15) is 15.3 Å². The number of pyridine rings is 1. The highest BCUT2D eigenvalue weighted by Crippen LogP contribution is 2.37. The SMILES string of the molecule is COc1ccc(-c2ccc(C#N)c(SCC(=O)Nc3sc4c(c3C#N)CCN(Cc3ccccc3)C4)n2)cc1. The summed E-state index contributed by atoms with van der Waals surface area (Å²) < 4.78 is 5.22. The molecule has 0 spiro atoms. The molecule has 0 atom stereocenters. The Morgan fingerprint density at radius 2 is 1.90 bits per heavy atom. The molecule has 1 aliphatic heterocycles. The fourth-order valence-electron chi connectivity index (χ4n) is 4.49. The van der Waals surface area contributed by atoms with Gasteiger partial charge in [-0.3, -0.25) is 9.69 Å². The molecule has 3 heterocycles. The van der Waals surface area contributed by atoms with Crippen LogP contribution < -0.4 is 10.1 Å². The second kappa shape index (κ2) is 12.1. The number of benzene rings is 2. The molecule has 0 aliphatic carbocycles. The van der Waals surface area contributed by atoms with Gasteiger partial charge in [0.05, 0.1) is 29.7 Å². The van der Waals surface area contributed by atoms with Crippen LogP contribution in [0.4, 0.5) is 5.00 Å². The molecule has 7 nitrogen and oxygen atoms in total. The topological polar surface area (TPSA) is 102 Å². The van der Waals surface area contributed by atoms with E-state index in [1.807, 2.05) is 42.5 Å². The highest BCUT2D eigenvalue weighted by atomic mass is 32.2. The minimum Gasteiger partial charge on any atom is -0.497 e. The van der Waals surface area contributed by atoms with Crippen LogP contribution in [0.1, 0.15) is 27.1 Å². The van der Waals surface area contributed by atoms with Crippen molar-refractivity contribution in [3.05, 3.63) is 93.9 Å². The van der Waals surface area contributed by atoms with Crippen LogP contribution in [-0.4, -0.2) is 35.2 Å². The van der Waals surface area contributed by atoms with Crippen molar-refractivity contribution in [2.45, 2.75) is 24.5 Å². The number of nitrogens with one attached hydrogen (secondary N) is 1. The van der Waals surface area contributed by atoms with Crippen LogP contribution in [0.5, 0.6) is 5.75 Å². The molecule has 1 N–H and O–H groups in total. The molecule has 0 unspecified atom stereocenters. The summed E-state index contributed by atoms with van der Waals surface area (Å²) in [6, 6.07) is 25.8. The Morgan fingerprint density at radius 3 is 2.62 bits per heavy atom. The van der Waals surface area contributed by atoms with Crippen molar-refractivity contribution < 1.29 is 9.53 Å². The third-order valence-electron chi connectivity index (χ3n) is 6.46. The molecule has 0 saturated heterocycles. The zero-order chi connectivity index (χ0) is 27.2. The molecule has 194 valence electrons. The minimum atomic E-state index is -0.239.